The fourth-order valence-corrected chi connectivity index (χ4v) is 10.4. The number of fused-ring (bicyclic) bond motifs is 9. The SMILES string of the molecule is c1cc(-c2ccc(N(c3ccc(-c4ccc5c(c4)sc4c6ccccc6ccc54)cc3)c3cccc4ccccc34)cc2)cc(-n2c3ccccc3c3ccccc32)c1. The summed E-state index contributed by atoms with van der Waals surface area (Å²) in [7, 11) is 0. The minimum absolute atomic E-state index is 1.11. The van der Waals surface area contributed by atoms with Gasteiger partial charge in [0.05, 0.1) is 16.7 Å². The fourth-order valence-electron chi connectivity index (χ4n) is 9.15. The molecule has 0 aliphatic rings. The van der Waals surface area contributed by atoms with Crippen LogP contribution >= 0.6 is 11.3 Å². The van der Waals surface area contributed by atoms with Gasteiger partial charge in [-0.1, -0.05) is 158 Å². The van der Waals surface area contributed by atoms with Gasteiger partial charge in [-0.25, -0.2) is 0 Å². The number of rotatable bonds is 6. The summed E-state index contributed by atoms with van der Waals surface area (Å²) < 4.78 is 5.06. The van der Waals surface area contributed by atoms with E-state index in [1.54, 1.807) is 0 Å². The molecule has 0 fully saturated rings. The number of para-hydroxylation sites is 2. The van der Waals surface area contributed by atoms with Crippen molar-refractivity contribution in [3.05, 3.63) is 218 Å². The highest BCUT2D eigenvalue weighted by Gasteiger charge is 2.17. The zero-order valence-corrected chi connectivity index (χ0v) is 32.9. The van der Waals surface area contributed by atoms with Gasteiger partial charge in [0.15, 0.2) is 0 Å². The van der Waals surface area contributed by atoms with Crippen LogP contribution in [0.5, 0.6) is 0 Å². The maximum Gasteiger partial charge on any atom is 0.0541 e. The van der Waals surface area contributed by atoms with Crippen molar-refractivity contribution in [1.29, 1.82) is 0 Å². The number of nitrogens with zero attached hydrogens (tertiary/aromatic N) is 2. The topological polar surface area (TPSA) is 8.17 Å². The van der Waals surface area contributed by atoms with Gasteiger partial charge in [0.1, 0.15) is 0 Å². The van der Waals surface area contributed by atoms with Gasteiger partial charge in [-0.2, -0.15) is 0 Å². The van der Waals surface area contributed by atoms with E-state index in [2.05, 4.69) is 228 Å². The molecule has 3 heteroatoms. The lowest BCUT2D eigenvalue weighted by Gasteiger charge is -2.27. The predicted octanol–water partition coefficient (Wildman–Crippen LogP) is 16.3. The van der Waals surface area contributed by atoms with Gasteiger partial charge in [0.2, 0.25) is 0 Å². The molecule has 0 amide bonds. The van der Waals surface area contributed by atoms with E-state index in [-0.39, 0.29) is 0 Å². The Balaban J connectivity index is 0.924. The number of thiophene rings is 1. The van der Waals surface area contributed by atoms with Crippen molar-refractivity contribution in [2.45, 2.75) is 0 Å². The summed E-state index contributed by atoms with van der Waals surface area (Å²) in [4.78, 5) is 2.39. The van der Waals surface area contributed by atoms with Gasteiger partial charge in [0, 0.05) is 53.4 Å². The molecule has 0 aliphatic carbocycles. The number of aromatic nitrogens is 1. The van der Waals surface area contributed by atoms with Crippen molar-refractivity contribution in [1.82, 2.24) is 4.57 Å². The molecule has 0 unspecified atom stereocenters. The molecule has 12 rings (SSSR count). The minimum Gasteiger partial charge on any atom is -0.310 e. The summed E-state index contributed by atoms with van der Waals surface area (Å²) in [6.07, 6.45) is 0. The van der Waals surface area contributed by atoms with Crippen molar-refractivity contribution in [2.75, 3.05) is 4.90 Å². The highest BCUT2D eigenvalue weighted by Crippen LogP contribution is 2.43. The fraction of sp³-hybridized carbons (Fsp3) is 0. The van der Waals surface area contributed by atoms with Crippen LogP contribution in [-0.2, 0) is 0 Å². The second-order valence-corrected chi connectivity index (χ2v) is 16.4. The average molecular weight is 769 g/mol. The molecule has 0 N–H and O–H groups in total. The van der Waals surface area contributed by atoms with Crippen LogP contribution in [0.3, 0.4) is 0 Å². The molecule has 59 heavy (non-hydrogen) atoms. The molecule has 12 aromatic rings. The minimum atomic E-state index is 1.11. The first-order chi connectivity index (χ1) is 29.2. The summed E-state index contributed by atoms with van der Waals surface area (Å²) in [6, 6.07) is 79.8. The van der Waals surface area contributed by atoms with Crippen LogP contribution in [0.2, 0.25) is 0 Å². The highest BCUT2D eigenvalue weighted by atomic mass is 32.1. The Labute approximate surface area is 346 Å². The normalized spacial score (nSPS) is 11.7. The Hall–Kier alpha value is -7.46. The molecular weight excluding hydrogens is 733 g/mol. The Kier molecular flexibility index (Phi) is 7.75. The number of anilines is 3. The van der Waals surface area contributed by atoms with E-state index in [0.29, 0.717) is 0 Å². The van der Waals surface area contributed by atoms with E-state index in [1.807, 2.05) is 11.3 Å². The molecule has 276 valence electrons. The van der Waals surface area contributed by atoms with E-state index in [1.165, 1.54) is 85.8 Å². The van der Waals surface area contributed by atoms with Crippen molar-refractivity contribution >= 4 is 91.9 Å². The Morgan fingerprint density at radius 1 is 0.339 bits per heavy atom. The molecule has 0 radical (unpaired) electrons. The average Bonchev–Trinajstić information content (AvgIpc) is 3.86. The second-order valence-electron chi connectivity index (χ2n) is 15.3. The van der Waals surface area contributed by atoms with Crippen molar-refractivity contribution in [2.24, 2.45) is 0 Å². The van der Waals surface area contributed by atoms with Gasteiger partial charge in [0.25, 0.3) is 0 Å². The first kappa shape index (κ1) is 33.7. The monoisotopic (exact) mass is 768 g/mol. The van der Waals surface area contributed by atoms with Gasteiger partial charge in [-0.3, -0.25) is 0 Å². The van der Waals surface area contributed by atoms with Gasteiger partial charge >= 0.3 is 0 Å². The molecule has 0 aliphatic heterocycles. The highest BCUT2D eigenvalue weighted by molar-refractivity contribution is 7.26. The van der Waals surface area contributed by atoms with E-state index in [9.17, 15) is 0 Å². The van der Waals surface area contributed by atoms with E-state index in [0.717, 1.165) is 22.7 Å². The number of benzene rings is 10. The second kappa shape index (κ2) is 13.6. The maximum atomic E-state index is 2.39. The van der Waals surface area contributed by atoms with Crippen molar-refractivity contribution in [3.8, 4) is 27.9 Å². The largest absolute Gasteiger partial charge is 0.310 e. The third-order valence-corrected chi connectivity index (χ3v) is 13.2. The molecule has 0 saturated heterocycles. The van der Waals surface area contributed by atoms with Crippen LogP contribution in [-0.4, -0.2) is 4.57 Å². The van der Waals surface area contributed by atoms with Gasteiger partial charge < -0.3 is 9.47 Å². The molecule has 0 spiro atoms. The Morgan fingerprint density at radius 2 is 0.864 bits per heavy atom. The summed E-state index contributed by atoms with van der Waals surface area (Å²) in [5, 5.41) is 10.2. The molecular formula is C56H36N2S. The smallest absolute Gasteiger partial charge is 0.0541 e. The third kappa shape index (κ3) is 5.55. The lowest BCUT2D eigenvalue weighted by atomic mass is 10.0. The number of hydrogen-bond acceptors (Lipinski definition) is 2. The maximum absolute atomic E-state index is 2.39. The summed E-state index contributed by atoms with van der Waals surface area (Å²) >= 11 is 1.89. The first-order valence-electron chi connectivity index (χ1n) is 20.2. The van der Waals surface area contributed by atoms with Gasteiger partial charge in [-0.15, -0.1) is 11.3 Å². The lowest BCUT2D eigenvalue weighted by molar-refractivity contribution is 1.18. The van der Waals surface area contributed by atoms with Gasteiger partial charge in [-0.05, 0) is 99.1 Å². The third-order valence-electron chi connectivity index (χ3n) is 12.0. The molecule has 2 heterocycles. The lowest BCUT2D eigenvalue weighted by Crippen LogP contribution is -2.10. The molecule has 2 aromatic heterocycles. The van der Waals surface area contributed by atoms with Crippen LogP contribution in [0.4, 0.5) is 17.1 Å². The Bertz CT molecular complexity index is 3500. The van der Waals surface area contributed by atoms with Crippen LogP contribution < -0.4 is 4.90 Å². The Morgan fingerprint density at radius 3 is 1.56 bits per heavy atom. The summed E-state index contributed by atoms with van der Waals surface area (Å²) in [6.45, 7) is 0. The van der Waals surface area contributed by atoms with Crippen LogP contribution in [0.25, 0.3) is 91.5 Å². The molecule has 0 saturated carbocycles. The molecule has 0 atom stereocenters. The predicted molar refractivity (Wildman–Crippen MR) is 254 cm³/mol. The zero-order chi connectivity index (χ0) is 38.9. The van der Waals surface area contributed by atoms with E-state index in [4.69, 9.17) is 0 Å². The molecule has 0 bridgehead atoms. The summed E-state index contributed by atoms with van der Waals surface area (Å²) in [5.41, 5.74) is 11.7. The first-order valence-corrected chi connectivity index (χ1v) is 21.0. The quantitative estimate of drug-likeness (QED) is 0.164. The molecule has 10 aromatic carbocycles. The van der Waals surface area contributed by atoms with Crippen LogP contribution in [0.1, 0.15) is 0 Å². The van der Waals surface area contributed by atoms with E-state index < -0.39 is 0 Å². The van der Waals surface area contributed by atoms with Crippen LogP contribution in [0.15, 0.2) is 218 Å². The zero-order valence-electron chi connectivity index (χ0n) is 32.1. The standard InChI is InChI=1S/C56H36N2S/c1-3-16-46-39(11-1)13-10-22-52(46)57(44-31-25-38(26-32-44)42-28-33-50-51-34-27-40-12-2-4-17-47(40)56(51)59-55(50)36-42)43-29-23-37(24-30-43)41-14-9-15-45(35-41)58-53-20-7-5-18-48(53)49-19-6-8-21-54(49)58/h1-36H. The molecule has 2 nitrogen and oxygen atoms in total. The van der Waals surface area contributed by atoms with Crippen molar-refractivity contribution < 1.29 is 0 Å². The van der Waals surface area contributed by atoms with Crippen LogP contribution in [0, 0.1) is 0 Å². The number of hydrogen-bond donors (Lipinski definition) is 0. The van der Waals surface area contributed by atoms with E-state index >= 15 is 0 Å². The van der Waals surface area contributed by atoms with Crippen molar-refractivity contribution in [3.63, 3.8) is 0 Å². The summed E-state index contributed by atoms with van der Waals surface area (Å²) in [5.74, 6) is 0.